The Bertz CT molecular complexity index is 1130. The summed E-state index contributed by atoms with van der Waals surface area (Å²) in [6.07, 6.45) is 1.46. The Morgan fingerprint density at radius 1 is 1.03 bits per heavy atom. The molecule has 0 bridgehead atoms. The summed E-state index contributed by atoms with van der Waals surface area (Å²) in [6, 6.07) is 15.9. The lowest BCUT2D eigenvalue weighted by Gasteiger charge is -2.32. The minimum Gasteiger partial charge on any atom is -0.212 e. The molecule has 1 fully saturated rings. The van der Waals surface area contributed by atoms with Crippen LogP contribution in [0.3, 0.4) is 0 Å². The van der Waals surface area contributed by atoms with Crippen molar-refractivity contribution in [3.63, 3.8) is 0 Å². The van der Waals surface area contributed by atoms with E-state index in [1.807, 2.05) is 13.0 Å². The van der Waals surface area contributed by atoms with Crippen LogP contribution in [0.4, 0.5) is 4.39 Å². The molecule has 0 saturated carbocycles. The first kappa shape index (κ1) is 20.3. The predicted molar refractivity (Wildman–Crippen MR) is 116 cm³/mol. The second kappa shape index (κ2) is 8.05. The fourth-order valence-electron chi connectivity index (χ4n) is 4.27. The van der Waals surface area contributed by atoms with Gasteiger partial charge in [0.15, 0.2) is 0 Å². The van der Waals surface area contributed by atoms with Crippen LogP contribution in [0.15, 0.2) is 54.6 Å². The monoisotopic (exact) mass is 431 g/mol. The van der Waals surface area contributed by atoms with Gasteiger partial charge in [-0.1, -0.05) is 41.9 Å². The van der Waals surface area contributed by atoms with Gasteiger partial charge >= 0.3 is 0 Å². The quantitative estimate of drug-likeness (QED) is 0.535. The first-order chi connectivity index (χ1) is 13.8. The van der Waals surface area contributed by atoms with Crippen LogP contribution in [0.1, 0.15) is 35.4 Å². The molecule has 0 amide bonds. The average molecular weight is 432 g/mol. The topological polar surface area (TPSA) is 37.4 Å². The third-order valence-corrected chi connectivity index (χ3v) is 7.86. The molecule has 0 unspecified atom stereocenters. The smallest absolute Gasteiger partial charge is 0.212 e. The Morgan fingerprint density at radius 3 is 2.38 bits per heavy atom. The summed E-state index contributed by atoms with van der Waals surface area (Å²) < 4.78 is 41.2. The van der Waals surface area contributed by atoms with Crippen LogP contribution in [0.2, 0.25) is 5.02 Å². The van der Waals surface area contributed by atoms with E-state index < -0.39 is 10.0 Å². The highest BCUT2D eigenvalue weighted by Crippen LogP contribution is 2.36. The molecule has 1 aliphatic heterocycles. The molecule has 1 heterocycles. The van der Waals surface area contributed by atoms with E-state index in [4.69, 9.17) is 11.6 Å². The maximum atomic E-state index is 13.9. The number of nitrogens with zero attached hydrogens (tertiary/aromatic N) is 1. The van der Waals surface area contributed by atoms with Crippen LogP contribution in [0, 0.1) is 12.7 Å². The van der Waals surface area contributed by atoms with Crippen LogP contribution in [-0.4, -0.2) is 25.8 Å². The van der Waals surface area contributed by atoms with Gasteiger partial charge in [0.05, 0.1) is 5.75 Å². The van der Waals surface area contributed by atoms with E-state index in [1.54, 1.807) is 40.7 Å². The number of sulfonamides is 1. The molecule has 0 aliphatic carbocycles. The fourth-order valence-corrected chi connectivity index (χ4v) is 5.96. The summed E-state index contributed by atoms with van der Waals surface area (Å²) in [4.78, 5) is 0. The van der Waals surface area contributed by atoms with Crippen molar-refractivity contribution in [1.29, 1.82) is 0 Å². The first-order valence-electron chi connectivity index (χ1n) is 9.74. The molecular formula is C23H23ClFNO2S. The summed E-state index contributed by atoms with van der Waals surface area (Å²) in [7, 11) is -3.38. The molecule has 6 heteroatoms. The summed E-state index contributed by atoms with van der Waals surface area (Å²) in [5.74, 6) is -0.0392. The highest BCUT2D eigenvalue weighted by Gasteiger charge is 2.30. The van der Waals surface area contributed by atoms with Gasteiger partial charge in [-0.25, -0.2) is 17.1 Å². The van der Waals surface area contributed by atoms with Crippen LogP contribution in [0.5, 0.6) is 0 Å². The minimum absolute atomic E-state index is 0.0205. The lowest BCUT2D eigenvalue weighted by Crippen LogP contribution is -2.38. The zero-order chi connectivity index (χ0) is 20.6. The van der Waals surface area contributed by atoms with Gasteiger partial charge in [0.1, 0.15) is 5.82 Å². The lowest BCUT2D eigenvalue weighted by molar-refractivity contribution is 0.319. The van der Waals surface area contributed by atoms with Crippen LogP contribution < -0.4 is 0 Å². The van der Waals surface area contributed by atoms with E-state index in [9.17, 15) is 12.8 Å². The van der Waals surface area contributed by atoms with E-state index in [1.165, 1.54) is 6.07 Å². The number of hydrogen-bond acceptors (Lipinski definition) is 2. The Balaban J connectivity index is 1.52. The van der Waals surface area contributed by atoms with Crippen molar-refractivity contribution in [2.45, 2.75) is 31.4 Å². The van der Waals surface area contributed by atoms with Gasteiger partial charge < -0.3 is 0 Å². The molecule has 3 aromatic carbocycles. The van der Waals surface area contributed by atoms with Crippen molar-refractivity contribution in [3.05, 3.63) is 82.1 Å². The minimum atomic E-state index is -3.38. The van der Waals surface area contributed by atoms with Crippen LogP contribution in [-0.2, 0) is 15.8 Å². The molecule has 1 aliphatic rings. The summed E-state index contributed by atoms with van der Waals surface area (Å²) in [5.41, 5.74) is 3.01. The van der Waals surface area contributed by atoms with Gasteiger partial charge in [-0.15, -0.1) is 0 Å². The summed E-state index contributed by atoms with van der Waals surface area (Å²) in [5, 5.41) is 2.55. The maximum Gasteiger partial charge on any atom is 0.218 e. The molecule has 152 valence electrons. The molecule has 0 N–H and O–H groups in total. The molecule has 4 rings (SSSR count). The van der Waals surface area contributed by atoms with Crippen LogP contribution in [0.25, 0.3) is 10.8 Å². The van der Waals surface area contributed by atoms with Gasteiger partial charge in [-0.05, 0) is 77.4 Å². The number of hydrogen-bond donors (Lipinski definition) is 0. The van der Waals surface area contributed by atoms with E-state index in [0.717, 1.165) is 40.3 Å². The second-order valence-electron chi connectivity index (χ2n) is 7.72. The molecule has 3 nitrogen and oxygen atoms in total. The SMILES string of the molecule is Cc1ccc2ccc(F)cc2c1C1CCN(S(=O)(=O)Cc2ccc(Cl)cc2)CC1. The fraction of sp³-hybridized carbons (Fsp3) is 0.304. The Kier molecular flexibility index (Phi) is 5.65. The highest BCUT2D eigenvalue weighted by molar-refractivity contribution is 7.88. The Labute approximate surface area is 176 Å². The zero-order valence-electron chi connectivity index (χ0n) is 16.2. The third-order valence-electron chi connectivity index (χ3n) is 5.76. The Morgan fingerprint density at radius 2 is 1.69 bits per heavy atom. The average Bonchev–Trinajstić information content (AvgIpc) is 2.69. The predicted octanol–water partition coefficient (Wildman–Crippen LogP) is 5.65. The normalized spacial score (nSPS) is 16.4. The molecule has 0 spiro atoms. The van der Waals surface area contributed by atoms with E-state index in [2.05, 4.69) is 6.07 Å². The van der Waals surface area contributed by atoms with Gasteiger partial charge in [0.25, 0.3) is 0 Å². The second-order valence-corrected chi connectivity index (χ2v) is 10.1. The van der Waals surface area contributed by atoms with Gasteiger partial charge in [0.2, 0.25) is 10.0 Å². The Hall–Kier alpha value is -1.95. The van der Waals surface area contributed by atoms with Gasteiger partial charge in [0, 0.05) is 18.1 Å². The van der Waals surface area contributed by atoms with E-state index in [0.29, 0.717) is 18.1 Å². The molecule has 1 saturated heterocycles. The molecular weight excluding hydrogens is 409 g/mol. The van der Waals surface area contributed by atoms with E-state index in [-0.39, 0.29) is 17.5 Å². The maximum absolute atomic E-state index is 13.9. The van der Waals surface area contributed by atoms with Crippen molar-refractivity contribution >= 4 is 32.4 Å². The number of aryl methyl sites for hydroxylation is 1. The summed E-state index contributed by atoms with van der Waals surface area (Å²) in [6.45, 7) is 3.00. The number of benzene rings is 3. The van der Waals surface area contributed by atoms with Gasteiger partial charge in [-0.2, -0.15) is 0 Å². The number of rotatable bonds is 4. The lowest BCUT2D eigenvalue weighted by atomic mass is 9.84. The van der Waals surface area contributed by atoms with Gasteiger partial charge in [-0.3, -0.25) is 0 Å². The zero-order valence-corrected chi connectivity index (χ0v) is 17.8. The van der Waals surface area contributed by atoms with Crippen LogP contribution >= 0.6 is 11.6 Å². The largest absolute Gasteiger partial charge is 0.218 e. The molecule has 0 radical (unpaired) electrons. The van der Waals surface area contributed by atoms with E-state index >= 15 is 0 Å². The van der Waals surface area contributed by atoms with Crippen molar-refractivity contribution in [3.8, 4) is 0 Å². The van der Waals surface area contributed by atoms with Crippen molar-refractivity contribution < 1.29 is 12.8 Å². The molecule has 0 aromatic heterocycles. The molecule has 3 aromatic rings. The number of piperidine rings is 1. The standard InChI is InChI=1S/C23H23ClFNO2S/c1-16-2-5-18-6-9-21(25)14-22(18)23(16)19-10-12-26(13-11-19)29(27,28)15-17-3-7-20(24)8-4-17/h2-9,14,19H,10-13,15H2,1H3. The highest BCUT2D eigenvalue weighted by atomic mass is 35.5. The molecule has 0 atom stereocenters. The molecule has 29 heavy (non-hydrogen) atoms. The third kappa shape index (κ3) is 4.32. The number of halogens is 2. The van der Waals surface area contributed by atoms with Crippen molar-refractivity contribution in [2.24, 2.45) is 0 Å². The number of fused-ring (bicyclic) bond motifs is 1. The van der Waals surface area contributed by atoms with Crippen molar-refractivity contribution in [1.82, 2.24) is 4.31 Å². The summed E-state index contributed by atoms with van der Waals surface area (Å²) >= 11 is 5.89. The van der Waals surface area contributed by atoms with Crippen molar-refractivity contribution in [2.75, 3.05) is 13.1 Å². The first-order valence-corrected chi connectivity index (χ1v) is 11.7.